The number of hydrogen-bond donors (Lipinski definition) is 1. The second kappa shape index (κ2) is 6.30. The first-order valence-electron chi connectivity index (χ1n) is 6.52. The normalized spacial score (nSPS) is 14.8. The lowest BCUT2D eigenvalue weighted by molar-refractivity contribution is 0.174. The van der Waals surface area contributed by atoms with Crippen LogP contribution in [0.15, 0.2) is 12.1 Å². The van der Waals surface area contributed by atoms with Crippen LogP contribution in [0, 0.1) is 0 Å². The fourth-order valence-corrected chi connectivity index (χ4v) is 2.32. The molecule has 0 fully saturated rings. The van der Waals surface area contributed by atoms with Gasteiger partial charge < -0.3 is 14.8 Å². The molecule has 1 N–H and O–H groups in total. The summed E-state index contributed by atoms with van der Waals surface area (Å²) in [5, 5.41) is 4.12. The van der Waals surface area contributed by atoms with Gasteiger partial charge in [-0.25, -0.2) is 0 Å². The zero-order chi connectivity index (χ0) is 13.0. The molecule has 0 saturated heterocycles. The Bertz CT molecular complexity index is 409. The van der Waals surface area contributed by atoms with E-state index in [9.17, 15) is 0 Å². The van der Waals surface area contributed by atoms with Crippen molar-refractivity contribution in [2.24, 2.45) is 0 Å². The minimum Gasteiger partial charge on any atom is -0.454 e. The van der Waals surface area contributed by atoms with Crippen molar-refractivity contribution in [2.45, 2.75) is 45.7 Å². The molecule has 3 nitrogen and oxygen atoms in total. The Kier molecular flexibility index (Phi) is 4.72. The zero-order valence-electron chi connectivity index (χ0n) is 11.0. The van der Waals surface area contributed by atoms with Crippen molar-refractivity contribution in [3.05, 3.63) is 22.7 Å². The molecule has 4 heteroatoms. The van der Waals surface area contributed by atoms with E-state index >= 15 is 0 Å². The van der Waals surface area contributed by atoms with Gasteiger partial charge in [0.1, 0.15) is 0 Å². The zero-order valence-corrected chi connectivity index (χ0v) is 11.7. The highest BCUT2D eigenvalue weighted by atomic mass is 35.5. The largest absolute Gasteiger partial charge is 0.454 e. The first kappa shape index (κ1) is 13.5. The van der Waals surface area contributed by atoms with Gasteiger partial charge in [0.25, 0.3) is 0 Å². The molecule has 1 heterocycles. The van der Waals surface area contributed by atoms with E-state index in [0.29, 0.717) is 16.8 Å². The van der Waals surface area contributed by atoms with E-state index in [-0.39, 0.29) is 6.79 Å². The van der Waals surface area contributed by atoms with Crippen molar-refractivity contribution in [1.29, 1.82) is 0 Å². The van der Waals surface area contributed by atoms with Gasteiger partial charge in [0, 0.05) is 12.6 Å². The molecule has 1 unspecified atom stereocenters. The minimum absolute atomic E-state index is 0.263. The number of rotatable bonds is 6. The van der Waals surface area contributed by atoms with Gasteiger partial charge in [-0.2, -0.15) is 0 Å². The Morgan fingerprint density at radius 1 is 1.39 bits per heavy atom. The molecule has 0 aromatic heterocycles. The van der Waals surface area contributed by atoms with E-state index < -0.39 is 0 Å². The first-order chi connectivity index (χ1) is 8.70. The van der Waals surface area contributed by atoms with E-state index in [1.165, 1.54) is 19.3 Å². The molecule has 100 valence electrons. The molecule has 18 heavy (non-hydrogen) atoms. The Morgan fingerprint density at radius 2 is 2.22 bits per heavy atom. The van der Waals surface area contributed by atoms with Crippen molar-refractivity contribution in [3.8, 4) is 11.5 Å². The Hall–Kier alpha value is -0.930. The third kappa shape index (κ3) is 3.30. The quantitative estimate of drug-likeness (QED) is 0.853. The molecular weight excluding hydrogens is 250 g/mol. The van der Waals surface area contributed by atoms with Gasteiger partial charge >= 0.3 is 0 Å². The van der Waals surface area contributed by atoms with Crippen molar-refractivity contribution in [3.63, 3.8) is 0 Å². The second-order valence-corrected chi connectivity index (χ2v) is 5.14. The lowest BCUT2D eigenvalue weighted by Gasteiger charge is -2.13. The number of nitrogens with one attached hydrogen (secondary N) is 1. The van der Waals surface area contributed by atoms with Crippen molar-refractivity contribution < 1.29 is 9.47 Å². The summed E-state index contributed by atoms with van der Waals surface area (Å²) in [5.74, 6) is 1.42. The molecule has 1 aromatic carbocycles. The molecule has 0 amide bonds. The summed E-state index contributed by atoms with van der Waals surface area (Å²) in [6.07, 6.45) is 3.70. The number of unbranched alkanes of at least 4 members (excludes halogenated alkanes) is 1. The van der Waals surface area contributed by atoms with Gasteiger partial charge in [0.2, 0.25) is 6.79 Å². The van der Waals surface area contributed by atoms with E-state index in [1.807, 2.05) is 12.1 Å². The number of fused-ring (bicyclic) bond motifs is 1. The first-order valence-corrected chi connectivity index (χ1v) is 6.90. The number of benzene rings is 1. The van der Waals surface area contributed by atoms with E-state index in [0.717, 1.165) is 17.9 Å². The van der Waals surface area contributed by atoms with Gasteiger partial charge in [-0.3, -0.25) is 0 Å². The van der Waals surface area contributed by atoms with Gasteiger partial charge in [-0.15, -0.1) is 0 Å². The predicted octanol–water partition coefficient (Wildman–Crippen LogP) is 3.74. The van der Waals surface area contributed by atoms with Crippen molar-refractivity contribution in [1.82, 2.24) is 5.32 Å². The molecule has 2 rings (SSSR count). The standard InChI is InChI=1S/C14H20ClNO2/c1-3-4-5-10(2)16-8-11-6-12(15)14-13(7-11)17-9-18-14/h6-7,10,16H,3-5,8-9H2,1-2H3. The van der Waals surface area contributed by atoms with Gasteiger partial charge in [-0.05, 0) is 31.0 Å². The SMILES string of the molecule is CCCCC(C)NCc1cc(Cl)c2c(c1)OCO2. The molecule has 0 spiro atoms. The van der Waals surface area contributed by atoms with Crippen LogP contribution in [0.2, 0.25) is 5.02 Å². The van der Waals surface area contributed by atoms with Crippen LogP contribution in [0.4, 0.5) is 0 Å². The average molecular weight is 270 g/mol. The average Bonchev–Trinajstić information content (AvgIpc) is 2.82. The van der Waals surface area contributed by atoms with E-state index in [1.54, 1.807) is 0 Å². The minimum atomic E-state index is 0.263. The lowest BCUT2D eigenvalue weighted by Crippen LogP contribution is -2.25. The summed E-state index contributed by atoms with van der Waals surface area (Å²) >= 11 is 6.14. The van der Waals surface area contributed by atoms with Crippen LogP contribution >= 0.6 is 11.6 Å². The van der Waals surface area contributed by atoms with Crippen LogP contribution in [0.3, 0.4) is 0 Å². The summed E-state index contributed by atoms with van der Waals surface area (Å²) < 4.78 is 10.6. The molecule has 0 aliphatic carbocycles. The molecule has 1 aliphatic rings. The maximum atomic E-state index is 6.14. The Labute approximate surface area is 113 Å². The van der Waals surface area contributed by atoms with Crippen molar-refractivity contribution >= 4 is 11.6 Å². The van der Waals surface area contributed by atoms with Crippen LogP contribution in [-0.4, -0.2) is 12.8 Å². The number of halogens is 1. The fraction of sp³-hybridized carbons (Fsp3) is 0.571. The number of hydrogen-bond acceptors (Lipinski definition) is 3. The summed E-state index contributed by atoms with van der Waals surface area (Å²) in [5.41, 5.74) is 1.13. The smallest absolute Gasteiger partial charge is 0.231 e. The molecule has 1 aromatic rings. The summed E-state index contributed by atoms with van der Waals surface area (Å²) in [6, 6.07) is 4.46. The molecule has 0 saturated carbocycles. The summed E-state index contributed by atoms with van der Waals surface area (Å²) in [7, 11) is 0. The Morgan fingerprint density at radius 3 is 3.00 bits per heavy atom. The Balaban J connectivity index is 1.92. The highest BCUT2D eigenvalue weighted by Crippen LogP contribution is 2.39. The van der Waals surface area contributed by atoms with Gasteiger partial charge in [0.15, 0.2) is 11.5 Å². The third-order valence-electron chi connectivity index (χ3n) is 3.13. The monoisotopic (exact) mass is 269 g/mol. The van der Waals surface area contributed by atoms with Crippen LogP contribution in [-0.2, 0) is 6.54 Å². The van der Waals surface area contributed by atoms with E-state index in [2.05, 4.69) is 19.2 Å². The second-order valence-electron chi connectivity index (χ2n) is 4.74. The van der Waals surface area contributed by atoms with Crippen LogP contribution in [0.25, 0.3) is 0 Å². The molecular formula is C14H20ClNO2. The van der Waals surface area contributed by atoms with Crippen LogP contribution in [0.5, 0.6) is 11.5 Å². The molecule has 0 bridgehead atoms. The molecule has 0 radical (unpaired) electrons. The van der Waals surface area contributed by atoms with Crippen LogP contribution in [0.1, 0.15) is 38.7 Å². The number of ether oxygens (including phenoxy) is 2. The third-order valence-corrected chi connectivity index (χ3v) is 3.41. The summed E-state index contributed by atoms with van der Waals surface area (Å²) in [4.78, 5) is 0. The highest BCUT2D eigenvalue weighted by molar-refractivity contribution is 6.32. The molecule has 1 aliphatic heterocycles. The highest BCUT2D eigenvalue weighted by Gasteiger charge is 2.18. The van der Waals surface area contributed by atoms with Gasteiger partial charge in [0.05, 0.1) is 5.02 Å². The predicted molar refractivity (Wildman–Crippen MR) is 73.4 cm³/mol. The molecule has 1 atom stereocenters. The van der Waals surface area contributed by atoms with Crippen LogP contribution < -0.4 is 14.8 Å². The maximum absolute atomic E-state index is 6.14. The van der Waals surface area contributed by atoms with E-state index in [4.69, 9.17) is 21.1 Å². The van der Waals surface area contributed by atoms with Gasteiger partial charge in [-0.1, -0.05) is 31.4 Å². The topological polar surface area (TPSA) is 30.5 Å². The van der Waals surface area contributed by atoms with Crippen molar-refractivity contribution in [2.75, 3.05) is 6.79 Å². The fourth-order valence-electron chi connectivity index (χ4n) is 2.03. The lowest BCUT2D eigenvalue weighted by atomic mass is 10.1. The maximum Gasteiger partial charge on any atom is 0.231 e. The summed E-state index contributed by atoms with van der Waals surface area (Å²) in [6.45, 7) is 5.49.